The van der Waals surface area contributed by atoms with Crippen molar-refractivity contribution in [3.63, 3.8) is 0 Å². The second-order valence-electron chi connectivity index (χ2n) is 5.09. The van der Waals surface area contributed by atoms with E-state index in [1.54, 1.807) is 6.07 Å². The maximum atomic E-state index is 12.5. The van der Waals surface area contributed by atoms with Gasteiger partial charge in [0.2, 0.25) is 0 Å². The van der Waals surface area contributed by atoms with E-state index in [4.69, 9.17) is 0 Å². The highest BCUT2D eigenvalue weighted by molar-refractivity contribution is 8.18. The lowest BCUT2D eigenvalue weighted by atomic mass is 10.1. The number of benzene rings is 1. The van der Waals surface area contributed by atoms with Crippen LogP contribution in [0.5, 0.6) is 0 Å². The van der Waals surface area contributed by atoms with Crippen LogP contribution in [-0.4, -0.2) is 25.9 Å². The number of thiophene rings is 1. The van der Waals surface area contributed by atoms with Crippen LogP contribution in [0.2, 0.25) is 0 Å². The second-order valence-corrected chi connectivity index (χ2v) is 7.17. The molecule has 2 aromatic rings. The molecule has 0 radical (unpaired) electrons. The van der Waals surface area contributed by atoms with Crippen LogP contribution >= 0.6 is 23.1 Å². The molecule has 1 aromatic carbocycles. The molecule has 1 aliphatic heterocycles. The molecule has 1 saturated heterocycles. The molecule has 132 valence electrons. The lowest BCUT2D eigenvalue weighted by Crippen LogP contribution is -2.27. The van der Waals surface area contributed by atoms with Crippen LogP contribution in [0.3, 0.4) is 0 Å². The number of hydrogen-bond acceptors (Lipinski definition) is 8. The van der Waals surface area contributed by atoms with E-state index < -0.39 is 21.0 Å². The molecule has 2 amide bonds. The summed E-state index contributed by atoms with van der Waals surface area (Å²) in [7, 11) is 0. The third-order valence-electron chi connectivity index (χ3n) is 3.46. The van der Waals surface area contributed by atoms with E-state index >= 15 is 0 Å². The van der Waals surface area contributed by atoms with E-state index in [-0.39, 0.29) is 27.7 Å². The number of para-hydroxylation sites is 1. The first kappa shape index (κ1) is 17.8. The normalized spacial score (nSPS) is 15.7. The first-order chi connectivity index (χ1) is 12.4. The van der Waals surface area contributed by atoms with Gasteiger partial charge in [-0.05, 0) is 23.9 Å². The summed E-state index contributed by atoms with van der Waals surface area (Å²) < 4.78 is 0. The lowest BCUT2D eigenvalue weighted by molar-refractivity contribution is -0.385. The number of imide groups is 1. The smallest absolute Gasteiger partial charge is 0.268 e. The van der Waals surface area contributed by atoms with Gasteiger partial charge in [0.25, 0.3) is 16.8 Å². The minimum Gasteiger partial charge on any atom is -0.268 e. The van der Waals surface area contributed by atoms with Gasteiger partial charge < -0.3 is 0 Å². The van der Waals surface area contributed by atoms with E-state index in [2.05, 4.69) is 0 Å². The Balaban J connectivity index is 1.84. The molecule has 0 saturated carbocycles. The van der Waals surface area contributed by atoms with Gasteiger partial charge in [-0.1, -0.05) is 29.5 Å². The zero-order valence-corrected chi connectivity index (χ0v) is 14.5. The Morgan fingerprint density at radius 2 is 1.77 bits per heavy atom. The van der Waals surface area contributed by atoms with Crippen LogP contribution in [0.4, 0.5) is 15.5 Å². The van der Waals surface area contributed by atoms with Gasteiger partial charge in [-0.2, -0.15) is 0 Å². The van der Waals surface area contributed by atoms with Crippen molar-refractivity contribution in [2.45, 2.75) is 6.54 Å². The van der Waals surface area contributed by atoms with Crippen LogP contribution in [-0.2, 0) is 11.3 Å². The quantitative estimate of drug-likeness (QED) is 0.431. The van der Waals surface area contributed by atoms with Gasteiger partial charge in [-0.25, -0.2) is 0 Å². The van der Waals surface area contributed by atoms with Gasteiger partial charge in [0.1, 0.15) is 0 Å². The predicted octanol–water partition coefficient (Wildman–Crippen LogP) is 3.80. The molecule has 0 aliphatic carbocycles. The Kier molecular flexibility index (Phi) is 4.82. The summed E-state index contributed by atoms with van der Waals surface area (Å²) in [6.07, 6.45) is 1.40. The monoisotopic (exact) mass is 391 g/mol. The number of nitrogens with zero attached hydrogens (tertiary/aromatic N) is 3. The topological polar surface area (TPSA) is 124 Å². The van der Waals surface area contributed by atoms with Crippen molar-refractivity contribution in [1.82, 2.24) is 4.90 Å². The van der Waals surface area contributed by atoms with Crippen molar-refractivity contribution < 1.29 is 19.4 Å². The third kappa shape index (κ3) is 3.48. The van der Waals surface area contributed by atoms with Gasteiger partial charge in [0.15, 0.2) is 0 Å². The van der Waals surface area contributed by atoms with E-state index in [1.165, 1.54) is 36.4 Å². The number of nitro groups is 2. The summed E-state index contributed by atoms with van der Waals surface area (Å²) in [6.45, 7) is -0.219. The van der Waals surface area contributed by atoms with Crippen molar-refractivity contribution >= 4 is 51.0 Å². The highest BCUT2D eigenvalue weighted by Gasteiger charge is 2.36. The van der Waals surface area contributed by atoms with E-state index in [1.807, 2.05) is 0 Å². The van der Waals surface area contributed by atoms with Gasteiger partial charge >= 0.3 is 5.00 Å². The van der Waals surface area contributed by atoms with Crippen molar-refractivity contribution in [2.75, 3.05) is 0 Å². The average molecular weight is 391 g/mol. The molecule has 0 unspecified atom stereocenters. The van der Waals surface area contributed by atoms with Gasteiger partial charge in [-0.15, -0.1) is 0 Å². The number of amides is 2. The Bertz CT molecular complexity index is 968. The molecular weight excluding hydrogens is 382 g/mol. The fourth-order valence-electron chi connectivity index (χ4n) is 2.28. The molecule has 3 rings (SSSR count). The standard InChI is InChI=1S/C15H9N3O6S2/c19-14-12(7-10-5-6-13(25-10)18(23)24)26-15(20)16(14)8-9-3-1-2-4-11(9)17(21)22/h1-7H,8H2/b12-7-. The zero-order valence-electron chi connectivity index (χ0n) is 12.9. The third-order valence-corrected chi connectivity index (χ3v) is 5.35. The van der Waals surface area contributed by atoms with Crippen LogP contribution < -0.4 is 0 Å². The van der Waals surface area contributed by atoms with Crippen LogP contribution in [0.15, 0.2) is 41.3 Å². The molecule has 0 bridgehead atoms. The molecule has 9 nitrogen and oxygen atoms in total. The maximum absolute atomic E-state index is 12.5. The number of hydrogen-bond donors (Lipinski definition) is 0. The number of carbonyl (C=O) groups excluding carboxylic acids is 2. The molecule has 26 heavy (non-hydrogen) atoms. The largest absolute Gasteiger partial charge is 0.324 e. The molecule has 1 fully saturated rings. The maximum Gasteiger partial charge on any atom is 0.324 e. The summed E-state index contributed by atoms with van der Waals surface area (Å²) in [4.78, 5) is 46.8. The summed E-state index contributed by atoms with van der Waals surface area (Å²) in [5.74, 6) is -0.589. The fraction of sp³-hybridized carbons (Fsp3) is 0.0667. The molecule has 1 aromatic heterocycles. The molecule has 0 atom stereocenters. The minimum atomic E-state index is -0.589. The van der Waals surface area contributed by atoms with Crippen LogP contribution in [0.25, 0.3) is 6.08 Å². The predicted molar refractivity (Wildman–Crippen MR) is 95.6 cm³/mol. The summed E-state index contributed by atoms with van der Waals surface area (Å²) in [5, 5.41) is 21.2. The van der Waals surface area contributed by atoms with Gasteiger partial charge in [0, 0.05) is 22.6 Å². The molecule has 2 heterocycles. The molecule has 11 heteroatoms. The Morgan fingerprint density at radius 3 is 2.42 bits per heavy atom. The first-order valence-corrected chi connectivity index (χ1v) is 8.72. The minimum absolute atomic E-state index is 0.0737. The van der Waals surface area contributed by atoms with Crippen LogP contribution in [0.1, 0.15) is 10.4 Å². The lowest BCUT2D eigenvalue weighted by Gasteiger charge is -2.12. The number of rotatable bonds is 5. The van der Waals surface area contributed by atoms with Crippen molar-refractivity contribution in [3.05, 3.63) is 72.0 Å². The van der Waals surface area contributed by atoms with E-state index in [0.717, 1.165) is 16.2 Å². The summed E-state index contributed by atoms with van der Waals surface area (Å²) in [5.41, 5.74) is 0.0669. The van der Waals surface area contributed by atoms with E-state index in [0.29, 0.717) is 16.6 Å². The zero-order chi connectivity index (χ0) is 18.8. The highest BCUT2D eigenvalue weighted by atomic mass is 32.2. The average Bonchev–Trinajstić information content (AvgIpc) is 3.16. The Hall–Kier alpha value is -3.05. The van der Waals surface area contributed by atoms with Gasteiger partial charge in [0.05, 0.1) is 21.3 Å². The highest BCUT2D eigenvalue weighted by Crippen LogP contribution is 2.36. The molecule has 0 N–H and O–H groups in total. The van der Waals surface area contributed by atoms with Crippen molar-refractivity contribution in [2.24, 2.45) is 0 Å². The number of nitro benzene ring substituents is 1. The van der Waals surface area contributed by atoms with Crippen LogP contribution in [0, 0.1) is 20.2 Å². The van der Waals surface area contributed by atoms with Gasteiger partial charge in [-0.3, -0.25) is 34.7 Å². The summed E-state index contributed by atoms with van der Waals surface area (Å²) in [6, 6.07) is 8.66. The van der Waals surface area contributed by atoms with Crippen molar-refractivity contribution in [3.8, 4) is 0 Å². The summed E-state index contributed by atoms with van der Waals surface area (Å²) >= 11 is 1.58. The molecule has 0 spiro atoms. The van der Waals surface area contributed by atoms with Crippen molar-refractivity contribution in [1.29, 1.82) is 0 Å². The SMILES string of the molecule is O=C1S/C(=C\c2ccc([N+](=O)[O-])s2)C(=O)N1Cc1ccccc1[N+](=O)[O-]. The number of carbonyl (C=O) groups is 2. The van der Waals surface area contributed by atoms with E-state index in [9.17, 15) is 29.8 Å². The second kappa shape index (κ2) is 7.06. The fourth-order valence-corrected chi connectivity index (χ4v) is 3.95. The molecule has 1 aliphatic rings. The Labute approximate surface area is 154 Å². The Morgan fingerprint density at radius 1 is 1.04 bits per heavy atom. The number of thioether (sulfide) groups is 1. The molecular formula is C15H9N3O6S2. The first-order valence-electron chi connectivity index (χ1n) is 7.08.